The van der Waals surface area contributed by atoms with Gasteiger partial charge in [-0.05, 0) is 25.1 Å². The highest BCUT2D eigenvalue weighted by atomic mass is 19.1. The Morgan fingerprint density at radius 1 is 1.41 bits per heavy atom. The highest BCUT2D eigenvalue weighted by molar-refractivity contribution is 6.04. The number of pyridine rings is 2. The molecule has 0 unspecified atom stereocenters. The zero-order valence-electron chi connectivity index (χ0n) is 12.2. The van der Waals surface area contributed by atoms with Gasteiger partial charge in [0, 0.05) is 13.1 Å². The summed E-state index contributed by atoms with van der Waals surface area (Å²) in [6.07, 6.45) is 5.23. The average molecular weight is 299 g/mol. The van der Waals surface area contributed by atoms with Gasteiger partial charge >= 0.3 is 0 Å². The molecule has 0 aromatic carbocycles. The van der Waals surface area contributed by atoms with E-state index in [2.05, 4.69) is 10.9 Å². The largest absolute Gasteiger partial charge is 0.295 e. The van der Waals surface area contributed by atoms with Crippen LogP contribution in [0.25, 0.3) is 0 Å². The number of amides is 1. The van der Waals surface area contributed by atoms with Crippen LogP contribution in [0.2, 0.25) is 0 Å². The Morgan fingerprint density at radius 3 is 2.77 bits per heavy atom. The number of nitrogens with zero attached hydrogens (tertiary/aromatic N) is 3. The molecule has 0 saturated heterocycles. The van der Waals surface area contributed by atoms with E-state index in [-0.39, 0.29) is 29.3 Å². The summed E-state index contributed by atoms with van der Waals surface area (Å²) >= 11 is 0. The Morgan fingerprint density at radius 2 is 2.14 bits per heavy atom. The van der Waals surface area contributed by atoms with Gasteiger partial charge in [0.05, 0.1) is 12.2 Å². The van der Waals surface area contributed by atoms with Crippen molar-refractivity contribution >= 4 is 11.7 Å². The predicted molar refractivity (Wildman–Crippen MR) is 81.2 cm³/mol. The molecule has 0 atom stereocenters. The molecule has 0 bridgehead atoms. The molecule has 5 nitrogen and oxygen atoms in total. The minimum absolute atomic E-state index is 0.00946. The SMILES string of the molecule is C#CCn1c(C(=O)N(C)c2ccc(F)c(C)n2)cccc1=O. The molecule has 22 heavy (non-hydrogen) atoms. The van der Waals surface area contributed by atoms with Crippen molar-refractivity contribution in [2.45, 2.75) is 13.5 Å². The molecule has 0 aliphatic rings. The highest BCUT2D eigenvalue weighted by Crippen LogP contribution is 2.15. The van der Waals surface area contributed by atoms with Gasteiger partial charge in [-0.2, -0.15) is 0 Å². The van der Waals surface area contributed by atoms with E-state index in [9.17, 15) is 14.0 Å². The van der Waals surface area contributed by atoms with E-state index in [1.165, 1.54) is 53.8 Å². The van der Waals surface area contributed by atoms with Crippen molar-refractivity contribution in [2.75, 3.05) is 11.9 Å². The molecule has 0 aliphatic carbocycles. The first kappa shape index (κ1) is 15.4. The molecular weight excluding hydrogens is 285 g/mol. The normalized spacial score (nSPS) is 10.1. The topological polar surface area (TPSA) is 55.2 Å². The smallest absolute Gasteiger partial charge is 0.275 e. The summed E-state index contributed by atoms with van der Waals surface area (Å²) in [5, 5.41) is 0. The van der Waals surface area contributed by atoms with Crippen LogP contribution in [0.1, 0.15) is 16.2 Å². The van der Waals surface area contributed by atoms with E-state index < -0.39 is 11.7 Å². The van der Waals surface area contributed by atoms with Gasteiger partial charge in [-0.15, -0.1) is 6.42 Å². The van der Waals surface area contributed by atoms with Crippen LogP contribution in [0.5, 0.6) is 0 Å². The summed E-state index contributed by atoms with van der Waals surface area (Å²) < 4.78 is 14.5. The van der Waals surface area contributed by atoms with Crippen LogP contribution in [-0.2, 0) is 6.54 Å². The van der Waals surface area contributed by atoms with Gasteiger partial charge in [0.15, 0.2) is 0 Å². The molecule has 112 valence electrons. The number of halogens is 1. The fourth-order valence-electron chi connectivity index (χ4n) is 1.95. The summed E-state index contributed by atoms with van der Waals surface area (Å²) in [5.41, 5.74) is -0.0246. The van der Waals surface area contributed by atoms with Crippen LogP contribution >= 0.6 is 0 Å². The molecule has 2 heterocycles. The Balaban J connectivity index is 2.43. The number of rotatable bonds is 3. The number of anilines is 1. The van der Waals surface area contributed by atoms with Crippen molar-refractivity contribution in [1.82, 2.24) is 9.55 Å². The van der Waals surface area contributed by atoms with Crippen LogP contribution in [0.4, 0.5) is 10.2 Å². The Labute approximate surface area is 127 Å². The molecule has 0 aliphatic heterocycles. The van der Waals surface area contributed by atoms with E-state index in [0.29, 0.717) is 0 Å². The second-order valence-corrected chi connectivity index (χ2v) is 4.64. The van der Waals surface area contributed by atoms with E-state index in [4.69, 9.17) is 6.42 Å². The van der Waals surface area contributed by atoms with Gasteiger partial charge < -0.3 is 0 Å². The zero-order valence-corrected chi connectivity index (χ0v) is 12.2. The lowest BCUT2D eigenvalue weighted by molar-refractivity contribution is 0.0982. The first-order chi connectivity index (χ1) is 10.5. The van der Waals surface area contributed by atoms with Gasteiger partial charge in [0.1, 0.15) is 17.3 Å². The van der Waals surface area contributed by atoms with Crippen LogP contribution in [0, 0.1) is 25.1 Å². The number of aromatic nitrogens is 2. The lowest BCUT2D eigenvalue weighted by atomic mass is 10.2. The molecule has 0 saturated carbocycles. The minimum Gasteiger partial charge on any atom is -0.295 e. The summed E-state index contributed by atoms with van der Waals surface area (Å²) in [4.78, 5) is 29.6. The predicted octanol–water partition coefficient (Wildman–Crippen LogP) is 1.60. The minimum atomic E-state index is -0.452. The third-order valence-corrected chi connectivity index (χ3v) is 3.17. The summed E-state index contributed by atoms with van der Waals surface area (Å²) in [6, 6.07) is 6.95. The average Bonchev–Trinajstić information content (AvgIpc) is 2.51. The second-order valence-electron chi connectivity index (χ2n) is 4.64. The zero-order chi connectivity index (χ0) is 16.3. The number of carbonyl (C=O) groups is 1. The van der Waals surface area contributed by atoms with Crippen LogP contribution in [0.3, 0.4) is 0 Å². The van der Waals surface area contributed by atoms with Gasteiger partial charge in [0.25, 0.3) is 11.5 Å². The maximum Gasteiger partial charge on any atom is 0.275 e. The monoisotopic (exact) mass is 299 g/mol. The van der Waals surface area contributed by atoms with Gasteiger partial charge in [-0.3, -0.25) is 19.1 Å². The highest BCUT2D eigenvalue weighted by Gasteiger charge is 2.19. The quantitative estimate of drug-likeness (QED) is 0.809. The molecule has 0 spiro atoms. The van der Waals surface area contributed by atoms with Crippen LogP contribution in [0.15, 0.2) is 35.1 Å². The molecule has 2 aromatic heterocycles. The maximum atomic E-state index is 13.3. The first-order valence-corrected chi connectivity index (χ1v) is 6.50. The molecule has 1 amide bonds. The second kappa shape index (κ2) is 6.22. The third kappa shape index (κ3) is 2.88. The fourth-order valence-corrected chi connectivity index (χ4v) is 1.95. The molecular formula is C16H14FN3O2. The molecule has 0 radical (unpaired) electrons. The maximum absolute atomic E-state index is 13.3. The summed E-state index contributed by atoms with van der Waals surface area (Å²) in [6.45, 7) is 1.50. The van der Waals surface area contributed by atoms with Crippen LogP contribution < -0.4 is 10.5 Å². The summed E-state index contributed by atoms with van der Waals surface area (Å²) in [7, 11) is 1.50. The van der Waals surface area contributed by atoms with Crippen molar-refractivity contribution in [2.24, 2.45) is 0 Å². The number of hydrogen-bond donors (Lipinski definition) is 0. The first-order valence-electron chi connectivity index (χ1n) is 6.50. The van der Waals surface area contributed by atoms with E-state index in [1.54, 1.807) is 0 Å². The number of aryl methyl sites for hydroxylation is 1. The van der Waals surface area contributed by atoms with Crippen molar-refractivity contribution < 1.29 is 9.18 Å². The summed E-state index contributed by atoms with van der Waals surface area (Å²) in [5.74, 6) is 1.72. The van der Waals surface area contributed by atoms with Crippen molar-refractivity contribution in [1.29, 1.82) is 0 Å². The standard InChI is InChI=1S/C16H14FN3O2/c1-4-10-20-13(6-5-7-15(20)21)16(22)19(3)14-9-8-12(17)11(2)18-14/h1,5-9H,10H2,2-3H3. The van der Waals surface area contributed by atoms with E-state index >= 15 is 0 Å². The fraction of sp³-hybridized carbons (Fsp3) is 0.188. The van der Waals surface area contributed by atoms with E-state index in [1.807, 2.05) is 0 Å². The van der Waals surface area contributed by atoms with Crippen LogP contribution in [-0.4, -0.2) is 22.5 Å². The van der Waals surface area contributed by atoms with Gasteiger partial charge in [0.2, 0.25) is 0 Å². The molecule has 0 N–H and O–H groups in total. The molecule has 2 rings (SSSR count). The molecule has 6 heteroatoms. The van der Waals surface area contributed by atoms with Crippen molar-refractivity contribution in [3.63, 3.8) is 0 Å². The number of carbonyl (C=O) groups excluding carboxylic acids is 1. The number of terminal acetylenes is 1. The third-order valence-electron chi connectivity index (χ3n) is 3.17. The lowest BCUT2D eigenvalue weighted by Gasteiger charge is -2.18. The molecule has 0 fully saturated rings. The molecule has 2 aromatic rings. The Hall–Kier alpha value is -2.94. The number of hydrogen-bond acceptors (Lipinski definition) is 3. The van der Waals surface area contributed by atoms with Gasteiger partial charge in [-0.1, -0.05) is 12.0 Å². The van der Waals surface area contributed by atoms with E-state index in [0.717, 1.165) is 0 Å². The van der Waals surface area contributed by atoms with Crippen molar-refractivity contribution in [3.8, 4) is 12.3 Å². The van der Waals surface area contributed by atoms with Crippen molar-refractivity contribution in [3.05, 3.63) is 57.9 Å². The lowest BCUT2D eigenvalue weighted by Crippen LogP contribution is -2.33. The Kier molecular flexibility index (Phi) is 4.37. The van der Waals surface area contributed by atoms with Gasteiger partial charge in [-0.25, -0.2) is 9.37 Å². The Bertz CT molecular complexity index is 821.